The maximum atomic E-state index is 5.31. The van der Waals surface area contributed by atoms with Gasteiger partial charge in [-0.05, 0) is 32.4 Å². The van der Waals surface area contributed by atoms with Gasteiger partial charge in [0, 0.05) is 11.1 Å². The van der Waals surface area contributed by atoms with Crippen molar-refractivity contribution < 1.29 is 0 Å². The molecule has 0 aliphatic rings. The normalized spacial score (nSPS) is 11.5. The molecule has 5 heteroatoms. The summed E-state index contributed by atoms with van der Waals surface area (Å²) >= 11 is 6.93. The molecule has 0 saturated carbocycles. The molecule has 3 rings (SSSR count). The summed E-state index contributed by atoms with van der Waals surface area (Å²) in [6, 6.07) is 2.10. The van der Waals surface area contributed by atoms with Gasteiger partial charge in [-0.25, -0.2) is 9.97 Å². The first-order chi connectivity index (χ1) is 8.06. The van der Waals surface area contributed by atoms with Crippen molar-refractivity contribution in [1.29, 1.82) is 0 Å². The molecule has 0 fully saturated rings. The number of H-pyrrole nitrogens is 1. The Labute approximate surface area is 108 Å². The van der Waals surface area contributed by atoms with Gasteiger partial charge in [0.25, 0.3) is 0 Å². The van der Waals surface area contributed by atoms with Crippen LogP contribution in [0.2, 0.25) is 0 Å². The maximum Gasteiger partial charge on any atom is 0.147 e. The number of fused-ring (bicyclic) bond motifs is 3. The van der Waals surface area contributed by atoms with Gasteiger partial charge in [0.15, 0.2) is 0 Å². The molecule has 86 valence electrons. The van der Waals surface area contributed by atoms with E-state index in [4.69, 9.17) is 12.2 Å². The number of hydrogen-bond acceptors (Lipinski definition) is 4. The van der Waals surface area contributed by atoms with Gasteiger partial charge in [-0.2, -0.15) is 0 Å². The summed E-state index contributed by atoms with van der Waals surface area (Å²) in [5.74, 6) is 0.849. The molecular weight excluding hydrogens is 250 g/mol. The van der Waals surface area contributed by atoms with Gasteiger partial charge >= 0.3 is 0 Å². The molecule has 0 atom stereocenters. The Kier molecular flexibility index (Phi) is 2.27. The van der Waals surface area contributed by atoms with E-state index in [1.807, 2.05) is 13.8 Å². The van der Waals surface area contributed by atoms with Crippen LogP contribution in [-0.2, 0) is 0 Å². The SMILES string of the molecule is Cc1cc(C)c2c(n1)sc1c(=S)nc(C)[nH]c12. The zero-order chi connectivity index (χ0) is 12.2. The third-order valence-electron chi connectivity index (χ3n) is 2.76. The highest BCUT2D eigenvalue weighted by Crippen LogP contribution is 2.33. The fraction of sp³-hybridized carbons (Fsp3) is 0.250. The topological polar surface area (TPSA) is 41.6 Å². The fourth-order valence-corrected chi connectivity index (χ4v) is 3.62. The van der Waals surface area contributed by atoms with Crippen molar-refractivity contribution in [3.8, 4) is 0 Å². The average Bonchev–Trinajstić information content (AvgIpc) is 2.56. The molecular formula is C12H11N3S2. The summed E-state index contributed by atoms with van der Waals surface area (Å²) in [6.45, 7) is 6.05. The first kappa shape index (κ1) is 10.8. The second kappa shape index (κ2) is 3.58. The van der Waals surface area contributed by atoms with Gasteiger partial charge in [-0.3, -0.25) is 0 Å². The second-order valence-corrected chi connectivity index (χ2v) is 5.58. The number of nitrogens with one attached hydrogen (secondary N) is 1. The molecule has 0 saturated heterocycles. The van der Waals surface area contributed by atoms with Crippen molar-refractivity contribution in [2.75, 3.05) is 0 Å². The van der Waals surface area contributed by atoms with Crippen LogP contribution in [0.15, 0.2) is 6.07 Å². The molecule has 0 amide bonds. The lowest BCUT2D eigenvalue weighted by atomic mass is 10.1. The van der Waals surface area contributed by atoms with Crippen molar-refractivity contribution in [3.63, 3.8) is 0 Å². The molecule has 3 aromatic heterocycles. The Morgan fingerprint density at radius 1 is 1.24 bits per heavy atom. The number of thiophene rings is 1. The highest BCUT2D eigenvalue weighted by atomic mass is 32.1. The molecule has 0 aliphatic heterocycles. The largest absolute Gasteiger partial charge is 0.342 e. The Morgan fingerprint density at radius 2 is 2.00 bits per heavy atom. The molecule has 3 nitrogen and oxygen atoms in total. The number of nitrogens with zero attached hydrogens (tertiary/aromatic N) is 2. The third-order valence-corrected chi connectivity index (χ3v) is 4.27. The van der Waals surface area contributed by atoms with Crippen LogP contribution in [0.4, 0.5) is 0 Å². The molecule has 17 heavy (non-hydrogen) atoms. The smallest absolute Gasteiger partial charge is 0.147 e. The maximum absolute atomic E-state index is 5.31. The van der Waals surface area contributed by atoms with E-state index in [2.05, 4.69) is 27.9 Å². The van der Waals surface area contributed by atoms with Gasteiger partial charge in [-0.1, -0.05) is 12.2 Å². The van der Waals surface area contributed by atoms with E-state index >= 15 is 0 Å². The lowest BCUT2D eigenvalue weighted by molar-refractivity contribution is 1.09. The lowest BCUT2D eigenvalue weighted by Gasteiger charge is -1.99. The predicted molar refractivity (Wildman–Crippen MR) is 74.3 cm³/mol. The molecule has 3 aromatic rings. The molecule has 0 radical (unpaired) electrons. The number of pyridine rings is 1. The zero-order valence-corrected chi connectivity index (χ0v) is 11.4. The van der Waals surface area contributed by atoms with Crippen molar-refractivity contribution >= 4 is 44.0 Å². The van der Waals surface area contributed by atoms with E-state index < -0.39 is 0 Å². The van der Waals surface area contributed by atoms with E-state index in [1.165, 1.54) is 10.9 Å². The second-order valence-electron chi connectivity index (χ2n) is 4.19. The van der Waals surface area contributed by atoms with Gasteiger partial charge < -0.3 is 4.98 Å². The summed E-state index contributed by atoms with van der Waals surface area (Å²) in [7, 11) is 0. The Hall–Kier alpha value is -1.33. The minimum absolute atomic E-state index is 0.663. The zero-order valence-electron chi connectivity index (χ0n) is 9.79. The van der Waals surface area contributed by atoms with Crippen molar-refractivity contribution in [3.05, 3.63) is 27.8 Å². The fourth-order valence-electron chi connectivity index (χ4n) is 2.12. The van der Waals surface area contributed by atoms with Crippen LogP contribution in [0.3, 0.4) is 0 Å². The van der Waals surface area contributed by atoms with Crippen LogP contribution in [0, 0.1) is 25.4 Å². The minimum atomic E-state index is 0.663. The quantitative estimate of drug-likeness (QED) is 0.625. The average molecular weight is 261 g/mol. The van der Waals surface area contributed by atoms with Gasteiger partial charge in [-0.15, -0.1) is 11.3 Å². The Bertz CT molecular complexity index is 799. The Balaban J connectivity index is 2.65. The molecule has 0 aromatic carbocycles. The van der Waals surface area contributed by atoms with Crippen LogP contribution in [0.5, 0.6) is 0 Å². The standard InChI is InChI=1S/C12H11N3S2/c1-5-4-6(2)13-12-8(5)9-10(17-12)11(16)15-7(3)14-9/h4H,1-3H3,(H,14,15,16). The number of rotatable bonds is 0. The highest BCUT2D eigenvalue weighted by molar-refractivity contribution is 7.71. The van der Waals surface area contributed by atoms with Crippen molar-refractivity contribution in [2.24, 2.45) is 0 Å². The first-order valence-electron chi connectivity index (χ1n) is 5.33. The predicted octanol–water partition coefficient (Wildman–Crippen LogP) is 3.83. The molecule has 3 heterocycles. The van der Waals surface area contributed by atoms with E-state index in [0.717, 1.165) is 26.6 Å². The summed E-state index contributed by atoms with van der Waals surface area (Å²) in [5, 5.41) is 1.17. The summed E-state index contributed by atoms with van der Waals surface area (Å²) in [6.07, 6.45) is 0. The van der Waals surface area contributed by atoms with Crippen molar-refractivity contribution in [2.45, 2.75) is 20.8 Å². The number of hydrogen-bond donors (Lipinski definition) is 1. The third kappa shape index (κ3) is 1.57. The summed E-state index contributed by atoms with van der Waals surface area (Å²) < 4.78 is 1.69. The number of aryl methyl sites for hydroxylation is 3. The van der Waals surface area contributed by atoms with Crippen LogP contribution in [-0.4, -0.2) is 15.0 Å². The monoisotopic (exact) mass is 261 g/mol. The van der Waals surface area contributed by atoms with Gasteiger partial charge in [0.2, 0.25) is 0 Å². The molecule has 0 bridgehead atoms. The molecule has 0 spiro atoms. The molecule has 1 N–H and O–H groups in total. The lowest BCUT2D eigenvalue weighted by Crippen LogP contribution is -1.88. The highest BCUT2D eigenvalue weighted by Gasteiger charge is 2.11. The van der Waals surface area contributed by atoms with Gasteiger partial charge in [0.05, 0.1) is 10.2 Å². The molecule has 0 unspecified atom stereocenters. The van der Waals surface area contributed by atoms with Gasteiger partial charge in [0.1, 0.15) is 15.3 Å². The minimum Gasteiger partial charge on any atom is -0.342 e. The molecule has 0 aliphatic carbocycles. The number of aromatic nitrogens is 3. The van der Waals surface area contributed by atoms with E-state index in [0.29, 0.717) is 4.64 Å². The van der Waals surface area contributed by atoms with Crippen molar-refractivity contribution in [1.82, 2.24) is 15.0 Å². The van der Waals surface area contributed by atoms with Crippen LogP contribution in [0.25, 0.3) is 20.4 Å². The summed E-state index contributed by atoms with van der Waals surface area (Å²) in [5.41, 5.74) is 3.35. The van der Waals surface area contributed by atoms with Crippen LogP contribution >= 0.6 is 23.6 Å². The van der Waals surface area contributed by atoms with Crippen LogP contribution in [0.1, 0.15) is 17.1 Å². The Morgan fingerprint density at radius 3 is 2.76 bits per heavy atom. The number of aromatic amines is 1. The summed E-state index contributed by atoms with van der Waals surface area (Å²) in [4.78, 5) is 13.2. The van der Waals surface area contributed by atoms with E-state index in [9.17, 15) is 0 Å². The van der Waals surface area contributed by atoms with Crippen LogP contribution < -0.4 is 0 Å². The van der Waals surface area contributed by atoms with E-state index in [1.54, 1.807) is 11.3 Å². The van der Waals surface area contributed by atoms with E-state index in [-0.39, 0.29) is 0 Å². The first-order valence-corrected chi connectivity index (χ1v) is 6.56.